The van der Waals surface area contributed by atoms with Crippen molar-refractivity contribution in [3.05, 3.63) is 0 Å². The van der Waals surface area contributed by atoms with Crippen molar-refractivity contribution in [2.24, 2.45) is 0 Å². The first-order valence-corrected chi connectivity index (χ1v) is 67.5. The molecule has 0 nitrogen and oxygen atoms in total. The zero-order chi connectivity index (χ0) is 52.6. The Kier molecular flexibility index (Phi) is 41.7. The summed E-state index contributed by atoms with van der Waals surface area (Å²) >= 11 is 0. The summed E-state index contributed by atoms with van der Waals surface area (Å²) in [6, 6.07) is 39.6. The molecule has 0 fully saturated rings. The van der Waals surface area contributed by atoms with Crippen LogP contribution in [0.5, 0.6) is 0 Å². The van der Waals surface area contributed by atoms with Crippen LogP contribution in [0.25, 0.3) is 0 Å². The molecule has 0 aromatic carbocycles. The summed E-state index contributed by atoms with van der Waals surface area (Å²) < 4.78 is 0. The van der Waals surface area contributed by atoms with Gasteiger partial charge in [-0.15, -0.1) is 0 Å². The van der Waals surface area contributed by atoms with Crippen LogP contribution in [0.3, 0.4) is 0 Å². The average molecular weight is 1170 g/mol. The first kappa shape index (κ1) is 71.8. The Labute approximate surface area is 460 Å². The minimum absolute atomic E-state index is 0.109. The fourth-order valence-electron chi connectivity index (χ4n) is 12.8. The van der Waals surface area contributed by atoms with Gasteiger partial charge in [0.25, 0.3) is 0 Å². The SMILES string of the molecule is C[Si](C)CCC[Si](C)(CCC[Si](C)C)CCC[Si](CCC[Si](C)(CCC[Si](C)C)CCC[Si](C)C)(CCC[Si](C)(CCC[Si](C)C)CCC[Si](C)C)CCC[Si](C)(CCC[Si](C)C)CCC[Si](C)C. The Morgan fingerprint density at radius 1 is 0.174 bits per heavy atom. The van der Waals surface area contributed by atoms with Gasteiger partial charge in [-0.1, -0.05) is 353 Å². The van der Waals surface area contributed by atoms with Gasteiger partial charge in [-0.25, -0.2) is 0 Å². The zero-order valence-corrected chi connectivity index (χ0v) is 65.0. The molecule has 0 atom stereocenters. The topological polar surface area (TPSA) is 0 Å². The van der Waals surface area contributed by atoms with Crippen LogP contribution in [0.1, 0.15) is 77.0 Å². The van der Waals surface area contributed by atoms with Gasteiger partial charge >= 0.3 is 0 Å². The summed E-state index contributed by atoms with van der Waals surface area (Å²) in [5.41, 5.74) is 0. The van der Waals surface area contributed by atoms with E-state index in [0.717, 1.165) is 0 Å². The van der Waals surface area contributed by atoms with Crippen LogP contribution in [0.4, 0.5) is 0 Å². The summed E-state index contributed by atoms with van der Waals surface area (Å²) in [5, 5.41) is 0. The molecule has 0 spiro atoms. The molecule has 0 aromatic heterocycles. The molecule has 0 unspecified atom stereocenters. The Bertz CT molecular complexity index is 953. The zero-order valence-electron chi connectivity index (χ0n) is 52.0. The van der Waals surface area contributed by atoms with Gasteiger partial charge in [0.2, 0.25) is 0 Å². The predicted octanol–water partition coefficient (Wildman–Crippen LogP) is 22.5. The predicted molar refractivity (Wildman–Crippen MR) is 363 cm³/mol. The molecule has 0 heterocycles. The van der Waals surface area contributed by atoms with Gasteiger partial charge in [-0.3, -0.25) is 0 Å². The third kappa shape index (κ3) is 40.7. The van der Waals surface area contributed by atoms with Gasteiger partial charge in [-0.2, -0.15) is 0 Å². The van der Waals surface area contributed by atoms with E-state index in [1.165, 1.54) is 0 Å². The first-order valence-electron chi connectivity index (χ1n) is 30.5. The van der Waals surface area contributed by atoms with E-state index in [0.29, 0.717) is 0 Å². The van der Waals surface area contributed by atoms with E-state index in [-0.39, 0.29) is 70.4 Å². The highest BCUT2D eigenvalue weighted by molar-refractivity contribution is 6.83. The van der Waals surface area contributed by atoms with Crippen LogP contribution in [0, 0.1) is 0 Å². The smallest absolute Gasteiger partial charge is 0.0535 e. The van der Waals surface area contributed by atoms with E-state index in [4.69, 9.17) is 0 Å². The average Bonchev–Trinajstić information content (AvgIpc) is 3.19. The lowest BCUT2D eigenvalue weighted by Crippen LogP contribution is -2.39. The van der Waals surface area contributed by atoms with E-state index in [1.54, 1.807) is 222 Å². The molecule has 0 saturated heterocycles. The number of hydrogen-bond donors (Lipinski definition) is 0. The molecule has 0 N–H and O–H groups in total. The first-order chi connectivity index (χ1) is 32.2. The monoisotopic (exact) mass is 1170 g/mol. The van der Waals surface area contributed by atoms with Crippen molar-refractivity contribution in [3.8, 4) is 0 Å². The molecule has 0 aliphatic heterocycles. The van der Waals surface area contributed by atoms with Gasteiger partial charge in [0.1, 0.15) is 0 Å². The van der Waals surface area contributed by atoms with Gasteiger partial charge in [-0.05, 0) is 0 Å². The molecular weight excluding hydrogens is 1040 g/mol. The molecule has 0 saturated carbocycles. The van der Waals surface area contributed by atoms with Crippen LogP contribution < -0.4 is 0 Å². The second-order valence-electron chi connectivity index (χ2n) is 28.6. The third-order valence-electron chi connectivity index (χ3n) is 17.6. The summed E-state index contributed by atoms with van der Waals surface area (Å²) in [4.78, 5) is 0. The Balaban J connectivity index is 7.24. The standard InChI is InChI=1S/C56H132Si13/c1-57(2)33-21-41-65(17,42-22-34-58(3)4)49-29-53-69(54-30-50-66(18,43-23-35-59(5)6)44-24-36-60(7)8,55-31-51-67(19,45-25-37-61(9)10)46-26-38-62(11)12)56-32-52-68(20,47-27-39-63(13)14)48-28-40-64(15)16/h21-56H2,1-20H3. The van der Waals surface area contributed by atoms with Crippen molar-refractivity contribution in [1.29, 1.82) is 0 Å². The largest absolute Gasteiger partial charge is 0.0713 e. The molecular formula is C56H132Si13. The number of rotatable bonds is 48. The van der Waals surface area contributed by atoms with E-state index < -0.39 is 40.4 Å². The molecule has 0 amide bonds. The highest BCUT2D eigenvalue weighted by Gasteiger charge is 2.38. The maximum Gasteiger partial charge on any atom is 0.0535 e. The second kappa shape index (κ2) is 40.1. The van der Waals surface area contributed by atoms with Crippen molar-refractivity contribution in [1.82, 2.24) is 0 Å². The second-order valence-corrected chi connectivity index (χ2v) is 77.4. The molecule has 0 aliphatic rings. The van der Waals surface area contributed by atoms with Crippen LogP contribution in [0.2, 0.25) is 276 Å². The van der Waals surface area contributed by atoms with E-state index >= 15 is 0 Å². The molecule has 13 heteroatoms. The molecule has 0 aliphatic carbocycles. The minimum atomic E-state index is -1.46. The fraction of sp³-hybridized carbons (Fsp3) is 1.00. The molecule has 0 aromatic rings. The Morgan fingerprint density at radius 2 is 0.290 bits per heavy atom. The van der Waals surface area contributed by atoms with Gasteiger partial charge in [0.15, 0.2) is 0 Å². The number of hydrogen-bond acceptors (Lipinski definition) is 0. The minimum Gasteiger partial charge on any atom is -0.0713 e. The van der Waals surface area contributed by atoms with E-state index in [1.807, 2.05) is 0 Å². The summed E-state index contributed by atoms with van der Waals surface area (Å²) in [6.45, 7) is 53.3. The van der Waals surface area contributed by atoms with Gasteiger partial charge < -0.3 is 0 Å². The Hall–Kier alpha value is 2.82. The van der Waals surface area contributed by atoms with Gasteiger partial charge in [0.05, 0.1) is 40.4 Å². The van der Waals surface area contributed by atoms with Crippen LogP contribution in [-0.2, 0) is 0 Å². The Morgan fingerprint density at radius 3 is 0.406 bits per heavy atom. The molecule has 0 rings (SSSR count). The van der Waals surface area contributed by atoms with E-state index in [9.17, 15) is 0 Å². The van der Waals surface area contributed by atoms with Crippen molar-refractivity contribution < 1.29 is 0 Å². The maximum atomic E-state index is 2.95. The van der Waals surface area contributed by atoms with Crippen LogP contribution >= 0.6 is 0 Å². The maximum absolute atomic E-state index is 2.95. The lowest BCUT2D eigenvalue weighted by molar-refractivity contribution is 0.835. The summed E-state index contributed by atoms with van der Waals surface area (Å²) in [5.74, 6) is 0. The molecule has 69 heavy (non-hydrogen) atoms. The van der Waals surface area contributed by atoms with Crippen molar-refractivity contribution >= 4 is 111 Å². The molecule has 408 valence electrons. The van der Waals surface area contributed by atoms with Crippen LogP contribution in [0.15, 0.2) is 0 Å². The highest BCUT2D eigenvalue weighted by Crippen LogP contribution is 2.42. The third-order valence-corrected chi connectivity index (χ3v) is 52.8. The summed E-state index contributed by atoms with van der Waals surface area (Å²) in [7, 11) is -7.22. The van der Waals surface area contributed by atoms with E-state index in [2.05, 4.69) is 131 Å². The lowest BCUT2D eigenvalue weighted by Gasteiger charge is -2.38. The normalized spacial score (nSPS) is 13.7. The van der Waals surface area contributed by atoms with Crippen molar-refractivity contribution in [3.63, 3.8) is 0 Å². The van der Waals surface area contributed by atoms with Crippen molar-refractivity contribution in [2.75, 3.05) is 0 Å². The molecule has 0 bridgehead atoms. The van der Waals surface area contributed by atoms with Crippen molar-refractivity contribution in [2.45, 2.75) is 353 Å². The summed E-state index contributed by atoms with van der Waals surface area (Å²) in [6.07, 6.45) is 19.2. The fourth-order valence-corrected chi connectivity index (χ4v) is 44.6. The molecule has 8 radical (unpaired) electrons. The quantitative estimate of drug-likeness (QED) is 0.0533. The van der Waals surface area contributed by atoms with Gasteiger partial charge in [0, 0.05) is 70.4 Å². The lowest BCUT2D eigenvalue weighted by atomic mass is 10.5. The van der Waals surface area contributed by atoms with Crippen LogP contribution in [-0.4, -0.2) is 111 Å². The highest BCUT2D eigenvalue weighted by atomic mass is 28.3.